The van der Waals surface area contributed by atoms with E-state index in [0.29, 0.717) is 0 Å². The molecule has 3 nitrogen and oxygen atoms in total. The molecule has 0 saturated carbocycles. The summed E-state index contributed by atoms with van der Waals surface area (Å²) in [6.07, 6.45) is 0.911. The number of ether oxygens (including phenoxy) is 1. The van der Waals surface area contributed by atoms with E-state index in [-0.39, 0.29) is 24.3 Å². The molecule has 1 aromatic rings. The van der Waals surface area contributed by atoms with Crippen molar-refractivity contribution < 1.29 is 9.84 Å². The highest BCUT2D eigenvalue weighted by Crippen LogP contribution is 2.39. The number of hydrogen-bond donors (Lipinski definition) is 2. The number of rotatable bonds is 3. The first-order valence-corrected chi connectivity index (χ1v) is 6.17. The third-order valence-electron chi connectivity index (χ3n) is 3.14. The molecule has 1 aliphatic heterocycles. The Hall–Kier alpha value is -1.06. The Kier molecular flexibility index (Phi) is 3.40. The summed E-state index contributed by atoms with van der Waals surface area (Å²) in [5.74, 6) is 0.950. The molecule has 2 unspecified atom stereocenters. The molecule has 1 aliphatic rings. The van der Waals surface area contributed by atoms with Gasteiger partial charge in [0.15, 0.2) is 0 Å². The Bertz CT molecular complexity index is 390. The SMILES string of the molecule is CC(CO)NC1CC(C)(C)Oc2ccccc21. The summed E-state index contributed by atoms with van der Waals surface area (Å²) in [5.41, 5.74) is 1.02. The fraction of sp³-hybridized carbons (Fsp3) is 0.571. The number of fused-ring (bicyclic) bond motifs is 1. The quantitative estimate of drug-likeness (QED) is 0.844. The van der Waals surface area contributed by atoms with E-state index in [1.165, 1.54) is 5.56 Å². The van der Waals surface area contributed by atoms with Gasteiger partial charge in [0.2, 0.25) is 0 Å². The second-order valence-electron chi connectivity index (χ2n) is 5.41. The Labute approximate surface area is 103 Å². The number of para-hydroxylation sites is 1. The molecule has 2 rings (SSSR count). The lowest BCUT2D eigenvalue weighted by molar-refractivity contribution is 0.0619. The van der Waals surface area contributed by atoms with Crippen molar-refractivity contribution >= 4 is 0 Å². The van der Waals surface area contributed by atoms with Crippen LogP contribution in [-0.2, 0) is 0 Å². The summed E-state index contributed by atoms with van der Waals surface area (Å²) in [6.45, 7) is 6.34. The standard InChI is InChI=1S/C14H21NO2/c1-10(9-16)15-12-8-14(2,3)17-13-7-5-4-6-11(12)13/h4-7,10,12,15-16H,8-9H2,1-3H3. The molecule has 1 heterocycles. The van der Waals surface area contributed by atoms with E-state index in [1.54, 1.807) is 0 Å². The van der Waals surface area contributed by atoms with Crippen LogP contribution in [0.15, 0.2) is 24.3 Å². The van der Waals surface area contributed by atoms with Gasteiger partial charge in [-0.2, -0.15) is 0 Å². The highest BCUT2D eigenvalue weighted by molar-refractivity contribution is 5.38. The maximum Gasteiger partial charge on any atom is 0.124 e. The molecule has 0 aliphatic carbocycles. The summed E-state index contributed by atoms with van der Waals surface area (Å²) in [7, 11) is 0. The van der Waals surface area contributed by atoms with Gasteiger partial charge in [0.05, 0.1) is 6.61 Å². The van der Waals surface area contributed by atoms with Gasteiger partial charge in [-0.1, -0.05) is 18.2 Å². The third-order valence-corrected chi connectivity index (χ3v) is 3.14. The molecular weight excluding hydrogens is 214 g/mol. The Morgan fingerprint density at radius 3 is 2.88 bits per heavy atom. The van der Waals surface area contributed by atoms with Crippen LogP contribution in [0.3, 0.4) is 0 Å². The molecular formula is C14H21NO2. The van der Waals surface area contributed by atoms with Crippen molar-refractivity contribution in [2.75, 3.05) is 6.61 Å². The van der Waals surface area contributed by atoms with E-state index >= 15 is 0 Å². The molecule has 17 heavy (non-hydrogen) atoms. The maximum absolute atomic E-state index is 9.15. The van der Waals surface area contributed by atoms with Crippen LogP contribution < -0.4 is 10.1 Å². The molecule has 1 aromatic carbocycles. The minimum Gasteiger partial charge on any atom is -0.487 e. The summed E-state index contributed by atoms with van der Waals surface area (Å²) < 4.78 is 5.96. The lowest BCUT2D eigenvalue weighted by Crippen LogP contribution is -2.42. The van der Waals surface area contributed by atoms with Crippen molar-refractivity contribution in [2.45, 2.75) is 44.9 Å². The van der Waals surface area contributed by atoms with Gasteiger partial charge in [0.25, 0.3) is 0 Å². The first-order valence-electron chi connectivity index (χ1n) is 6.17. The number of nitrogens with one attached hydrogen (secondary N) is 1. The zero-order valence-corrected chi connectivity index (χ0v) is 10.7. The van der Waals surface area contributed by atoms with Crippen LogP contribution in [0.4, 0.5) is 0 Å². The predicted molar refractivity (Wildman–Crippen MR) is 68.2 cm³/mol. The van der Waals surface area contributed by atoms with Crippen molar-refractivity contribution in [2.24, 2.45) is 0 Å². The fourth-order valence-corrected chi connectivity index (χ4v) is 2.35. The maximum atomic E-state index is 9.15. The van der Waals surface area contributed by atoms with Crippen LogP contribution in [0, 0.1) is 0 Å². The highest BCUT2D eigenvalue weighted by atomic mass is 16.5. The number of aliphatic hydroxyl groups excluding tert-OH is 1. The van der Waals surface area contributed by atoms with Gasteiger partial charge in [-0.15, -0.1) is 0 Å². The smallest absolute Gasteiger partial charge is 0.124 e. The monoisotopic (exact) mass is 235 g/mol. The molecule has 0 saturated heterocycles. The van der Waals surface area contributed by atoms with Crippen LogP contribution in [0.1, 0.15) is 38.8 Å². The highest BCUT2D eigenvalue weighted by Gasteiger charge is 2.33. The van der Waals surface area contributed by atoms with E-state index in [2.05, 4.69) is 25.2 Å². The third kappa shape index (κ3) is 2.79. The van der Waals surface area contributed by atoms with Gasteiger partial charge in [0, 0.05) is 24.1 Å². The summed E-state index contributed by atoms with van der Waals surface area (Å²) >= 11 is 0. The molecule has 94 valence electrons. The van der Waals surface area contributed by atoms with Crippen LogP contribution in [0.5, 0.6) is 5.75 Å². The average Bonchev–Trinajstić information content (AvgIpc) is 2.27. The first-order chi connectivity index (χ1) is 8.02. The zero-order valence-electron chi connectivity index (χ0n) is 10.7. The normalized spacial score (nSPS) is 23.6. The van der Waals surface area contributed by atoms with Gasteiger partial charge in [-0.3, -0.25) is 0 Å². The topological polar surface area (TPSA) is 41.5 Å². The minimum absolute atomic E-state index is 0.0990. The molecule has 0 spiro atoms. The van der Waals surface area contributed by atoms with Crippen LogP contribution in [0.25, 0.3) is 0 Å². The summed E-state index contributed by atoms with van der Waals surface area (Å²) in [5, 5.41) is 12.6. The summed E-state index contributed by atoms with van der Waals surface area (Å²) in [4.78, 5) is 0. The average molecular weight is 235 g/mol. The Morgan fingerprint density at radius 2 is 2.18 bits per heavy atom. The van der Waals surface area contributed by atoms with Crippen LogP contribution >= 0.6 is 0 Å². The second kappa shape index (κ2) is 4.67. The second-order valence-corrected chi connectivity index (χ2v) is 5.41. The predicted octanol–water partition coefficient (Wildman–Crippen LogP) is 2.26. The fourth-order valence-electron chi connectivity index (χ4n) is 2.35. The largest absolute Gasteiger partial charge is 0.487 e. The van der Waals surface area contributed by atoms with Crippen molar-refractivity contribution in [3.05, 3.63) is 29.8 Å². The number of benzene rings is 1. The molecule has 2 N–H and O–H groups in total. The van der Waals surface area contributed by atoms with Gasteiger partial charge >= 0.3 is 0 Å². The van der Waals surface area contributed by atoms with Crippen molar-refractivity contribution in [3.8, 4) is 5.75 Å². The zero-order chi connectivity index (χ0) is 12.5. The van der Waals surface area contributed by atoms with Crippen molar-refractivity contribution in [1.29, 1.82) is 0 Å². The Morgan fingerprint density at radius 1 is 1.47 bits per heavy atom. The minimum atomic E-state index is -0.165. The Balaban J connectivity index is 2.26. The van der Waals surface area contributed by atoms with Gasteiger partial charge in [0.1, 0.15) is 11.4 Å². The molecule has 0 aromatic heterocycles. The molecule has 0 radical (unpaired) electrons. The molecule has 0 bridgehead atoms. The van der Waals surface area contributed by atoms with Gasteiger partial charge < -0.3 is 15.2 Å². The first kappa shape index (κ1) is 12.4. The van der Waals surface area contributed by atoms with E-state index in [0.717, 1.165) is 12.2 Å². The van der Waals surface area contributed by atoms with Gasteiger partial charge in [-0.25, -0.2) is 0 Å². The van der Waals surface area contributed by atoms with Crippen LogP contribution in [-0.4, -0.2) is 23.4 Å². The van der Waals surface area contributed by atoms with E-state index in [4.69, 9.17) is 9.84 Å². The molecule has 2 atom stereocenters. The lowest BCUT2D eigenvalue weighted by atomic mass is 9.89. The number of aliphatic hydroxyl groups is 1. The van der Waals surface area contributed by atoms with Gasteiger partial charge in [-0.05, 0) is 26.8 Å². The molecule has 0 fully saturated rings. The summed E-state index contributed by atoms with van der Waals surface area (Å²) in [6, 6.07) is 8.46. The van der Waals surface area contributed by atoms with E-state index < -0.39 is 0 Å². The molecule has 0 amide bonds. The van der Waals surface area contributed by atoms with Crippen LogP contribution in [0.2, 0.25) is 0 Å². The lowest BCUT2D eigenvalue weighted by Gasteiger charge is -2.38. The van der Waals surface area contributed by atoms with Crippen molar-refractivity contribution in [1.82, 2.24) is 5.32 Å². The van der Waals surface area contributed by atoms with E-state index in [9.17, 15) is 0 Å². The number of hydrogen-bond acceptors (Lipinski definition) is 3. The van der Waals surface area contributed by atoms with E-state index in [1.807, 2.05) is 25.1 Å². The molecule has 3 heteroatoms. The van der Waals surface area contributed by atoms with Crippen molar-refractivity contribution in [3.63, 3.8) is 0 Å².